The zero-order valence-electron chi connectivity index (χ0n) is 13.0. The SMILES string of the molecule is CCOc1ccc(C(=O)NC(C#N)C(C)C)cc1OCC. The second-order valence-electron chi connectivity index (χ2n) is 4.85. The quantitative estimate of drug-likeness (QED) is 0.838. The predicted molar refractivity (Wildman–Crippen MR) is 80.5 cm³/mol. The smallest absolute Gasteiger partial charge is 0.252 e. The fourth-order valence-corrected chi connectivity index (χ4v) is 1.76. The zero-order valence-corrected chi connectivity index (χ0v) is 13.0. The monoisotopic (exact) mass is 290 g/mol. The van der Waals surface area contributed by atoms with Crippen molar-refractivity contribution in [2.75, 3.05) is 13.2 Å². The van der Waals surface area contributed by atoms with Gasteiger partial charge in [-0.05, 0) is 38.0 Å². The highest BCUT2D eigenvalue weighted by Gasteiger charge is 2.17. The highest BCUT2D eigenvalue weighted by atomic mass is 16.5. The van der Waals surface area contributed by atoms with Gasteiger partial charge in [-0.25, -0.2) is 0 Å². The first kappa shape index (κ1) is 16.8. The molecule has 0 fully saturated rings. The summed E-state index contributed by atoms with van der Waals surface area (Å²) in [4.78, 5) is 12.2. The molecule has 114 valence electrons. The first-order chi connectivity index (χ1) is 10.0. The summed E-state index contributed by atoms with van der Waals surface area (Å²) in [6.45, 7) is 8.53. The number of nitrogens with zero attached hydrogens (tertiary/aromatic N) is 1. The van der Waals surface area contributed by atoms with E-state index in [9.17, 15) is 4.79 Å². The van der Waals surface area contributed by atoms with Gasteiger partial charge in [-0.15, -0.1) is 0 Å². The number of nitrogens with one attached hydrogen (secondary N) is 1. The third-order valence-electron chi connectivity index (χ3n) is 2.90. The Morgan fingerprint density at radius 2 is 1.86 bits per heavy atom. The Morgan fingerprint density at radius 3 is 2.38 bits per heavy atom. The van der Waals surface area contributed by atoms with E-state index in [2.05, 4.69) is 11.4 Å². The lowest BCUT2D eigenvalue weighted by Gasteiger charge is -2.16. The van der Waals surface area contributed by atoms with E-state index in [-0.39, 0.29) is 11.8 Å². The molecule has 1 N–H and O–H groups in total. The minimum absolute atomic E-state index is 0.0491. The van der Waals surface area contributed by atoms with Gasteiger partial charge in [0.2, 0.25) is 0 Å². The maximum atomic E-state index is 12.2. The Kier molecular flexibility index (Phi) is 6.54. The van der Waals surface area contributed by atoms with E-state index in [1.165, 1.54) is 0 Å². The molecule has 0 radical (unpaired) electrons. The van der Waals surface area contributed by atoms with E-state index < -0.39 is 6.04 Å². The maximum Gasteiger partial charge on any atom is 0.252 e. The summed E-state index contributed by atoms with van der Waals surface area (Å²) < 4.78 is 10.9. The van der Waals surface area contributed by atoms with Crippen molar-refractivity contribution in [3.8, 4) is 17.6 Å². The Morgan fingerprint density at radius 1 is 1.24 bits per heavy atom. The van der Waals surface area contributed by atoms with Crippen LogP contribution < -0.4 is 14.8 Å². The molecular weight excluding hydrogens is 268 g/mol. The van der Waals surface area contributed by atoms with Crippen LogP contribution >= 0.6 is 0 Å². The number of carbonyl (C=O) groups excluding carboxylic acids is 1. The molecule has 1 amide bonds. The minimum atomic E-state index is -0.514. The first-order valence-electron chi connectivity index (χ1n) is 7.13. The molecule has 0 spiro atoms. The van der Waals surface area contributed by atoms with Crippen molar-refractivity contribution in [3.05, 3.63) is 23.8 Å². The van der Waals surface area contributed by atoms with Crippen LogP contribution in [0.25, 0.3) is 0 Å². The molecule has 1 rings (SSSR count). The van der Waals surface area contributed by atoms with Crippen molar-refractivity contribution >= 4 is 5.91 Å². The number of benzene rings is 1. The summed E-state index contributed by atoms with van der Waals surface area (Å²) in [6.07, 6.45) is 0. The van der Waals surface area contributed by atoms with Crippen LogP contribution in [0.15, 0.2) is 18.2 Å². The summed E-state index contributed by atoms with van der Waals surface area (Å²) >= 11 is 0. The standard InChI is InChI=1S/C16H22N2O3/c1-5-20-14-8-7-12(9-15(14)21-6-2)16(19)18-13(10-17)11(3)4/h7-9,11,13H,5-6H2,1-4H3,(H,18,19). The van der Waals surface area contributed by atoms with E-state index >= 15 is 0 Å². The van der Waals surface area contributed by atoms with Crippen LogP contribution in [0.2, 0.25) is 0 Å². The van der Waals surface area contributed by atoms with Crippen LogP contribution in [0.5, 0.6) is 11.5 Å². The highest BCUT2D eigenvalue weighted by Crippen LogP contribution is 2.28. The van der Waals surface area contributed by atoms with Gasteiger partial charge in [-0.3, -0.25) is 4.79 Å². The van der Waals surface area contributed by atoms with Gasteiger partial charge < -0.3 is 14.8 Å². The second-order valence-corrected chi connectivity index (χ2v) is 4.85. The summed E-state index contributed by atoms with van der Waals surface area (Å²) in [6, 6.07) is 6.58. The molecule has 5 heteroatoms. The molecule has 1 atom stereocenters. The Bertz CT molecular complexity index is 521. The van der Waals surface area contributed by atoms with Crippen molar-refractivity contribution in [1.82, 2.24) is 5.32 Å². The van der Waals surface area contributed by atoms with E-state index in [1.807, 2.05) is 27.7 Å². The molecule has 1 unspecified atom stereocenters. The number of carbonyl (C=O) groups is 1. The van der Waals surface area contributed by atoms with E-state index in [0.29, 0.717) is 30.3 Å². The minimum Gasteiger partial charge on any atom is -0.490 e. The molecule has 0 aromatic heterocycles. The number of rotatable bonds is 7. The number of hydrogen-bond donors (Lipinski definition) is 1. The van der Waals surface area contributed by atoms with Gasteiger partial charge in [0.15, 0.2) is 11.5 Å². The molecular formula is C16H22N2O3. The largest absolute Gasteiger partial charge is 0.490 e. The van der Waals surface area contributed by atoms with Gasteiger partial charge in [0.1, 0.15) is 6.04 Å². The normalized spacial score (nSPS) is 11.6. The second kappa shape index (κ2) is 8.15. The number of nitriles is 1. The topological polar surface area (TPSA) is 71.3 Å². The van der Waals surface area contributed by atoms with Gasteiger partial charge in [-0.1, -0.05) is 13.8 Å². The third-order valence-corrected chi connectivity index (χ3v) is 2.90. The van der Waals surface area contributed by atoms with Crippen LogP contribution in [-0.4, -0.2) is 25.2 Å². The third kappa shape index (κ3) is 4.67. The van der Waals surface area contributed by atoms with E-state index in [4.69, 9.17) is 14.7 Å². The number of amides is 1. The van der Waals surface area contributed by atoms with Gasteiger partial charge in [-0.2, -0.15) is 5.26 Å². The predicted octanol–water partition coefficient (Wildman–Crippen LogP) is 2.76. The van der Waals surface area contributed by atoms with Crippen LogP contribution in [-0.2, 0) is 0 Å². The number of ether oxygens (including phenoxy) is 2. The molecule has 0 aliphatic heterocycles. The van der Waals surface area contributed by atoms with E-state index in [1.54, 1.807) is 18.2 Å². The highest BCUT2D eigenvalue weighted by molar-refractivity contribution is 5.95. The molecule has 1 aromatic rings. The van der Waals surface area contributed by atoms with Crippen LogP contribution in [0.1, 0.15) is 38.1 Å². The Hall–Kier alpha value is -2.22. The van der Waals surface area contributed by atoms with Gasteiger partial charge in [0, 0.05) is 5.56 Å². The summed E-state index contributed by atoms with van der Waals surface area (Å²) in [5.74, 6) is 0.897. The molecule has 0 heterocycles. The molecule has 0 bridgehead atoms. The van der Waals surface area contributed by atoms with Crippen LogP contribution in [0, 0.1) is 17.2 Å². The average molecular weight is 290 g/mol. The molecule has 0 aliphatic rings. The summed E-state index contributed by atoms with van der Waals surface area (Å²) in [5.41, 5.74) is 0.447. The Labute approximate surface area is 125 Å². The van der Waals surface area contributed by atoms with Crippen molar-refractivity contribution in [2.24, 2.45) is 5.92 Å². The van der Waals surface area contributed by atoms with Crippen molar-refractivity contribution in [2.45, 2.75) is 33.7 Å². The number of hydrogen-bond acceptors (Lipinski definition) is 4. The molecule has 21 heavy (non-hydrogen) atoms. The van der Waals surface area contributed by atoms with Crippen molar-refractivity contribution in [1.29, 1.82) is 5.26 Å². The lowest BCUT2D eigenvalue weighted by atomic mass is 10.1. The zero-order chi connectivity index (χ0) is 15.8. The average Bonchev–Trinajstić information content (AvgIpc) is 2.46. The molecule has 1 aromatic carbocycles. The van der Waals surface area contributed by atoms with Gasteiger partial charge >= 0.3 is 0 Å². The molecule has 5 nitrogen and oxygen atoms in total. The lowest BCUT2D eigenvalue weighted by molar-refractivity contribution is 0.0937. The molecule has 0 saturated carbocycles. The summed E-state index contributed by atoms with van der Waals surface area (Å²) in [7, 11) is 0. The van der Waals surface area contributed by atoms with Crippen molar-refractivity contribution in [3.63, 3.8) is 0 Å². The lowest BCUT2D eigenvalue weighted by Crippen LogP contribution is -2.37. The van der Waals surface area contributed by atoms with Gasteiger partial charge in [0.05, 0.1) is 19.3 Å². The van der Waals surface area contributed by atoms with Gasteiger partial charge in [0.25, 0.3) is 5.91 Å². The Balaban J connectivity index is 2.95. The maximum absolute atomic E-state index is 12.2. The van der Waals surface area contributed by atoms with Crippen LogP contribution in [0.3, 0.4) is 0 Å². The fourth-order valence-electron chi connectivity index (χ4n) is 1.76. The summed E-state index contributed by atoms with van der Waals surface area (Å²) in [5, 5.41) is 11.7. The fraction of sp³-hybridized carbons (Fsp3) is 0.500. The van der Waals surface area contributed by atoms with E-state index in [0.717, 1.165) is 0 Å². The first-order valence-corrected chi connectivity index (χ1v) is 7.13. The van der Waals surface area contributed by atoms with Crippen molar-refractivity contribution < 1.29 is 14.3 Å². The van der Waals surface area contributed by atoms with Crippen LogP contribution in [0.4, 0.5) is 0 Å². The molecule has 0 aliphatic carbocycles. The molecule has 0 saturated heterocycles.